The maximum Gasteiger partial charge on any atom is 0.338 e. The molecule has 11 heteroatoms. The van der Waals surface area contributed by atoms with E-state index >= 15 is 0 Å². The van der Waals surface area contributed by atoms with Crippen molar-refractivity contribution in [3.63, 3.8) is 0 Å². The first-order valence-corrected chi connectivity index (χ1v) is 13.7. The first kappa shape index (κ1) is 26.8. The van der Waals surface area contributed by atoms with Crippen LogP contribution in [0.4, 0.5) is 0 Å². The first-order valence-electron chi connectivity index (χ1n) is 12.5. The minimum atomic E-state index is -1.05. The van der Waals surface area contributed by atoms with E-state index in [0.29, 0.717) is 49.0 Å². The summed E-state index contributed by atoms with van der Waals surface area (Å²) in [6, 6.07) is 12.6. The van der Waals surface area contributed by atoms with E-state index in [-0.39, 0.29) is 23.1 Å². The number of fused-ring (bicyclic) bond motifs is 2. The van der Waals surface area contributed by atoms with Gasteiger partial charge in [0.05, 0.1) is 50.7 Å². The van der Waals surface area contributed by atoms with Gasteiger partial charge in [0, 0.05) is 51.2 Å². The summed E-state index contributed by atoms with van der Waals surface area (Å²) >= 11 is 7.63. The van der Waals surface area contributed by atoms with Crippen LogP contribution in [0.25, 0.3) is 43.5 Å². The highest BCUT2D eigenvalue weighted by atomic mass is 35.5. The van der Waals surface area contributed by atoms with Gasteiger partial charge in [0.25, 0.3) is 5.56 Å². The molecule has 5 heterocycles. The fourth-order valence-corrected chi connectivity index (χ4v) is 5.90. The lowest BCUT2D eigenvalue weighted by Crippen LogP contribution is -2.24. The van der Waals surface area contributed by atoms with Crippen LogP contribution in [-0.2, 0) is 6.54 Å². The number of pyridine rings is 3. The molecule has 0 amide bonds. The van der Waals surface area contributed by atoms with Gasteiger partial charge in [0.2, 0.25) is 0 Å². The Kier molecular flexibility index (Phi) is 6.93. The quantitative estimate of drug-likeness (QED) is 0.259. The van der Waals surface area contributed by atoms with Crippen molar-refractivity contribution < 1.29 is 9.90 Å². The molecule has 0 unspecified atom stereocenters. The monoisotopic (exact) mass is 588 g/mol. The number of aromatic carboxylic acids is 1. The van der Waals surface area contributed by atoms with Crippen molar-refractivity contribution in [2.24, 2.45) is 0 Å². The normalized spacial score (nSPS) is 10.8. The third-order valence-electron chi connectivity index (χ3n) is 6.67. The Bertz CT molecular complexity index is 2230. The number of benzene rings is 1. The van der Waals surface area contributed by atoms with Crippen LogP contribution >= 0.6 is 22.9 Å². The highest BCUT2D eigenvalue weighted by Crippen LogP contribution is 2.36. The number of hydrogen-bond acceptors (Lipinski definition) is 8. The SMILES string of the molecule is Cc1nc2cnc(-c3ccncc3)c(C#N)c2c(=O)n1CC#Cc1ccc(Cl)cc1-c1ccnc2c(C(=O)O)csc12. The Morgan fingerprint density at radius 3 is 2.69 bits per heavy atom. The molecule has 1 aromatic carbocycles. The van der Waals surface area contributed by atoms with Gasteiger partial charge in [0.1, 0.15) is 11.9 Å². The number of carboxylic acids is 1. The highest BCUT2D eigenvalue weighted by Gasteiger charge is 2.19. The second-order valence-electron chi connectivity index (χ2n) is 9.12. The second-order valence-corrected chi connectivity index (χ2v) is 10.4. The zero-order chi connectivity index (χ0) is 29.4. The van der Waals surface area contributed by atoms with Gasteiger partial charge >= 0.3 is 5.97 Å². The summed E-state index contributed by atoms with van der Waals surface area (Å²) in [5, 5.41) is 21.8. The van der Waals surface area contributed by atoms with Crippen molar-refractivity contribution in [2.45, 2.75) is 13.5 Å². The largest absolute Gasteiger partial charge is 0.478 e. The predicted molar refractivity (Wildman–Crippen MR) is 160 cm³/mol. The molecule has 9 nitrogen and oxygen atoms in total. The van der Waals surface area contributed by atoms with Crippen molar-refractivity contribution in [1.82, 2.24) is 24.5 Å². The molecule has 42 heavy (non-hydrogen) atoms. The van der Waals surface area contributed by atoms with Crippen LogP contribution in [0.2, 0.25) is 5.02 Å². The number of carbonyl (C=O) groups is 1. The van der Waals surface area contributed by atoms with Gasteiger partial charge < -0.3 is 5.11 Å². The topological polar surface area (TPSA) is 135 Å². The number of halogens is 1. The zero-order valence-corrected chi connectivity index (χ0v) is 23.4. The number of rotatable bonds is 4. The molecule has 0 radical (unpaired) electrons. The molecular weight excluding hydrogens is 572 g/mol. The molecule has 0 fully saturated rings. The molecule has 0 aliphatic carbocycles. The Balaban J connectivity index is 1.44. The smallest absolute Gasteiger partial charge is 0.338 e. The van der Waals surface area contributed by atoms with Crippen molar-refractivity contribution >= 4 is 50.0 Å². The van der Waals surface area contributed by atoms with E-state index < -0.39 is 11.5 Å². The summed E-state index contributed by atoms with van der Waals surface area (Å²) < 4.78 is 2.12. The number of nitrogens with zero attached hydrogens (tertiary/aromatic N) is 6. The molecule has 202 valence electrons. The average molecular weight is 589 g/mol. The van der Waals surface area contributed by atoms with Gasteiger partial charge in [-0.2, -0.15) is 5.26 Å². The van der Waals surface area contributed by atoms with E-state index in [2.05, 4.69) is 37.8 Å². The van der Waals surface area contributed by atoms with Crippen LogP contribution in [0.1, 0.15) is 27.3 Å². The zero-order valence-electron chi connectivity index (χ0n) is 21.8. The predicted octanol–water partition coefficient (Wildman–Crippen LogP) is 5.71. The molecule has 0 saturated carbocycles. The fraction of sp³-hybridized carbons (Fsp3) is 0.0645. The summed E-state index contributed by atoms with van der Waals surface area (Å²) in [6.07, 6.45) is 6.23. The molecule has 6 aromatic rings. The van der Waals surface area contributed by atoms with Gasteiger partial charge in [0.15, 0.2) is 0 Å². The Morgan fingerprint density at radius 1 is 1.12 bits per heavy atom. The number of thiophene rings is 1. The van der Waals surface area contributed by atoms with Crippen LogP contribution in [0, 0.1) is 30.1 Å². The van der Waals surface area contributed by atoms with Gasteiger partial charge in [-0.05, 0) is 43.3 Å². The van der Waals surface area contributed by atoms with E-state index in [0.717, 1.165) is 5.56 Å². The fourth-order valence-electron chi connectivity index (χ4n) is 4.70. The number of nitriles is 1. The lowest BCUT2D eigenvalue weighted by atomic mass is 10.00. The van der Waals surface area contributed by atoms with Crippen LogP contribution in [0.3, 0.4) is 0 Å². The van der Waals surface area contributed by atoms with Gasteiger partial charge in [-0.3, -0.25) is 24.3 Å². The minimum absolute atomic E-state index is 0.0153. The van der Waals surface area contributed by atoms with Crippen molar-refractivity contribution in [1.29, 1.82) is 5.26 Å². The molecule has 1 N–H and O–H groups in total. The molecule has 5 aromatic heterocycles. The van der Waals surface area contributed by atoms with Crippen LogP contribution in [0.5, 0.6) is 0 Å². The number of carboxylic acid groups (broad SMARTS) is 1. The average Bonchev–Trinajstić information content (AvgIpc) is 3.44. The van der Waals surface area contributed by atoms with Gasteiger partial charge in [-0.15, -0.1) is 11.3 Å². The number of aromatic nitrogens is 5. The highest BCUT2D eigenvalue weighted by molar-refractivity contribution is 7.18. The van der Waals surface area contributed by atoms with E-state index in [4.69, 9.17) is 11.6 Å². The van der Waals surface area contributed by atoms with E-state index in [1.54, 1.807) is 67.3 Å². The molecule has 0 aliphatic rings. The lowest BCUT2D eigenvalue weighted by molar-refractivity contribution is 0.0699. The van der Waals surface area contributed by atoms with Crippen LogP contribution < -0.4 is 5.56 Å². The lowest BCUT2D eigenvalue weighted by Gasteiger charge is -2.11. The summed E-state index contributed by atoms with van der Waals surface area (Å²) in [4.78, 5) is 42.6. The maximum atomic E-state index is 13.7. The maximum absolute atomic E-state index is 13.7. The molecular formula is C31H17ClN6O3S. The molecule has 6 rings (SSSR count). The number of hydrogen-bond donors (Lipinski definition) is 1. The van der Waals surface area contributed by atoms with E-state index in [9.17, 15) is 20.0 Å². The first-order chi connectivity index (χ1) is 20.4. The van der Waals surface area contributed by atoms with E-state index in [1.165, 1.54) is 22.1 Å². The summed E-state index contributed by atoms with van der Waals surface area (Å²) in [5.74, 6) is 5.58. The Labute approximate surface area is 247 Å². The molecule has 0 bridgehead atoms. The number of aryl methyl sites for hydroxylation is 1. The standard InChI is InChI=1S/C31H17ClN6O3S/c1-17-37-25-15-36-27(19-6-9-34-10-7-19)23(14-33)26(25)30(39)38(17)12-2-3-18-4-5-20(32)13-22(18)21-8-11-35-28-24(31(40)41)16-42-29(21)28/h4-11,13,15-16H,12H2,1H3,(H,40,41). The summed E-state index contributed by atoms with van der Waals surface area (Å²) in [6.45, 7) is 1.71. The Hall–Kier alpha value is -5.42. The van der Waals surface area contributed by atoms with Crippen LogP contribution in [0.15, 0.2) is 71.4 Å². The third kappa shape index (κ3) is 4.65. The molecule has 0 atom stereocenters. The van der Waals surface area contributed by atoms with Crippen molar-refractivity contribution in [2.75, 3.05) is 0 Å². The van der Waals surface area contributed by atoms with Crippen molar-refractivity contribution in [3.05, 3.63) is 104 Å². The second kappa shape index (κ2) is 10.9. The van der Waals surface area contributed by atoms with Gasteiger partial charge in [-0.1, -0.05) is 23.4 Å². The molecule has 0 saturated heterocycles. The summed E-state index contributed by atoms with van der Waals surface area (Å²) in [7, 11) is 0. The third-order valence-corrected chi connectivity index (χ3v) is 7.91. The van der Waals surface area contributed by atoms with Crippen LogP contribution in [-0.4, -0.2) is 35.6 Å². The minimum Gasteiger partial charge on any atom is -0.478 e. The summed E-state index contributed by atoms with van der Waals surface area (Å²) in [5.41, 5.74) is 3.73. The molecule has 0 aliphatic heterocycles. The van der Waals surface area contributed by atoms with Gasteiger partial charge in [-0.25, -0.2) is 9.78 Å². The molecule has 0 spiro atoms. The van der Waals surface area contributed by atoms with E-state index in [1.807, 2.05) is 0 Å². The van der Waals surface area contributed by atoms with Crippen molar-refractivity contribution in [3.8, 4) is 40.3 Å². The Morgan fingerprint density at radius 2 is 1.93 bits per heavy atom.